The molecule has 152 valence electrons. The topological polar surface area (TPSA) is 132 Å². The SMILES string of the molecule is Cc1oc2ncn(C)c(=O)c2c1C(=O)NNc1ccc(C(F)(F)F)cc1[N+](=O)[O-]. The summed E-state index contributed by atoms with van der Waals surface area (Å²) in [6.07, 6.45) is -3.56. The Labute approximate surface area is 159 Å². The molecule has 2 aromatic heterocycles. The van der Waals surface area contributed by atoms with E-state index in [0.717, 1.165) is 10.6 Å². The van der Waals surface area contributed by atoms with Gasteiger partial charge < -0.3 is 8.98 Å². The Kier molecular flexibility index (Phi) is 4.74. The molecule has 29 heavy (non-hydrogen) atoms. The lowest BCUT2D eigenvalue weighted by Crippen LogP contribution is -2.31. The van der Waals surface area contributed by atoms with E-state index in [-0.39, 0.29) is 28.1 Å². The van der Waals surface area contributed by atoms with E-state index < -0.39 is 33.8 Å². The summed E-state index contributed by atoms with van der Waals surface area (Å²) in [6.45, 7) is 1.41. The quantitative estimate of drug-likeness (QED) is 0.498. The third kappa shape index (κ3) is 3.61. The lowest BCUT2D eigenvalue weighted by Gasteiger charge is -2.11. The van der Waals surface area contributed by atoms with E-state index in [1.807, 2.05) is 0 Å². The summed E-state index contributed by atoms with van der Waals surface area (Å²) in [7, 11) is 1.42. The van der Waals surface area contributed by atoms with Crippen molar-refractivity contribution in [1.82, 2.24) is 15.0 Å². The number of hydrogen-bond donors (Lipinski definition) is 2. The van der Waals surface area contributed by atoms with Crippen LogP contribution in [0.1, 0.15) is 21.7 Å². The van der Waals surface area contributed by atoms with Crippen LogP contribution in [0.2, 0.25) is 0 Å². The van der Waals surface area contributed by atoms with E-state index in [2.05, 4.69) is 15.8 Å². The minimum Gasteiger partial charge on any atom is -0.442 e. The van der Waals surface area contributed by atoms with Crippen LogP contribution >= 0.6 is 0 Å². The second kappa shape index (κ2) is 6.92. The van der Waals surface area contributed by atoms with Gasteiger partial charge in [-0.05, 0) is 19.1 Å². The van der Waals surface area contributed by atoms with Crippen molar-refractivity contribution < 1.29 is 27.3 Å². The van der Waals surface area contributed by atoms with Gasteiger partial charge in [-0.3, -0.25) is 30.6 Å². The van der Waals surface area contributed by atoms with Crippen LogP contribution in [0.5, 0.6) is 0 Å². The average molecular weight is 411 g/mol. The van der Waals surface area contributed by atoms with Crippen LogP contribution in [0.25, 0.3) is 11.1 Å². The highest BCUT2D eigenvalue weighted by atomic mass is 19.4. The third-order valence-electron chi connectivity index (χ3n) is 4.01. The molecule has 1 amide bonds. The maximum Gasteiger partial charge on any atom is 0.416 e. The van der Waals surface area contributed by atoms with Gasteiger partial charge in [0.2, 0.25) is 5.71 Å². The van der Waals surface area contributed by atoms with E-state index in [4.69, 9.17) is 4.42 Å². The molecule has 0 unspecified atom stereocenters. The van der Waals surface area contributed by atoms with Crippen LogP contribution in [0, 0.1) is 17.0 Å². The lowest BCUT2D eigenvalue weighted by molar-refractivity contribution is -0.384. The Morgan fingerprint density at radius 3 is 2.66 bits per heavy atom. The van der Waals surface area contributed by atoms with Crippen molar-refractivity contribution in [1.29, 1.82) is 0 Å². The zero-order chi connectivity index (χ0) is 21.5. The number of furan rings is 1. The maximum atomic E-state index is 12.8. The van der Waals surface area contributed by atoms with Gasteiger partial charge in [0.15, 0.2) is 0 Å². The predicted octanol–water partition coefficient (Wildman–Crippen LogP) is 2.52. The summed E-state index contributed by atoms with van der Waals surface area (Å²) in [6, 6.07) is 1.77. The Balaban J connectivity index is 1.93. The van der Waals surface area contributed by atoms with Crippen molar-refractivity contribution in [3.63, 3.8) is 0 Å². The first-order valence-electron chi connectivity index (χ1n) is 7.87. The fourth-order valence-electron chi connectivity index (χ4n) is 2.61. The number of rotatable bonds is 4. The number of benzene rings is 1. The lowest BCUT2D eigenvalue weighted by atomic mass is 10.1. The van der Waals surface area contributed by atoms with Gasteiger partial charge in [-0.1, -0.05) is 0 Å². The molecule has 0 spiro atoms. The van der Waals surface area contributed by atoms with Crippen molar-refractivity contribution in [2.24, 2.45) is 7.05 Å². The average Bonchev–Trinajstić information content (AvgIpc) is 2.98. The smallest absolute Gasteiger partial charge is 0.416 e. The zero-order valence-electron chi connectivity index (χ0n) is 14.8. The molecule has 1 aromatic carbocycles. The number of fused-ring (bicyclic) bond motifs is 1. The number of amides is 1. The number of carbonyl (C=O) groups excluding carboxylic acids is 1. The van der Waals surface area contributed by atoms with Gasteiger partial charge in [0.25, 0.3) is 17.2 Å². The number of hydrogen-bond acceptors (Lipinski definition) is 7. The molecule has 3 aromatic rings. The molecule has 2 N–H and O–H groups in total. The molecule has 0 aliphatic heterocycles. The largest absolute Gasteiger partial charge is 0.442 e. The number of nitrogens with one attached hydrogen (secondary N) is 2. The van der Waals surface area contributed by atoms with Gasteiger partial charge in [-0.15, -0.1) is 0 Å². The number of nitrogens with zero attached hydrogens (tertiary/aromatic N) is 3. The van der Waals surface area contributed by atoms with Gasteiger partial charge in [-0.25, -0.2) is 4.98 Å². The van der Waals surface area contributed by atoms with Gasteiger partial charge in [0.1, 0.15) is 23.2 Å². The Morgan fingerprint density at radius 2 is 2.03 bits per heavy atom. The fraction of sp³-hybridized carbons (Fsp3) is 0.188. The van der Waals surface area contributed by atoms with Crippen LogP contribution in [0.4, 0.5) is 24.5 Å². The standard InChI is InChI=1S/C16H12F3N5O5/c1-7-11(12-14(29-7)20-6-23(2)15(12)26)13(25)22-21-9-4-3-8(16(17,18)19)5-10(9)24(27)28/h3-6,21H,1-2H3,(H,22,25). The summed E-state index contributed by atoms with van der Waals surface area (Å²) in [5.41, 5.74) is 1.05. The van der Waals surface area contributed by atoms with Gasteiger partial charge >= 0.3 is 6.18 Å². The minimum absolute atomic E-state index is 0.0667. The van der Waals surface area contributed by atoms with Crippen molar-refractivity contribution >= 4 is 28.4 Å². The number of hydrazine groups is 1. The second-order valence-corrected chi connectivity index (χ2v) is 5.94. The van der Waals surface area contributed by atoms with E-state index >= 15 is 0 Å². The molecular weight excluding hydrogens is 399 g/mol. The number of anilines is 1. The van der Waals surface area contributed by atoms with Crippen LogP contribution in [-0.4, -0.2) is 20.4 Å². The Morgan fingerprint density at radius 1 is 1.34 bits per heavy atom. The molecule has 0 bridgehead atoms. The van der Waals surface area contributed by atoms with Crippen LogP contribution < -0.4 is 16.4 Å². The van der Waals surface area contributed by atoms with Gasteiger partial charge in [-0.2, -0.15) is 13.2 Å². The highest BCUT2D eigenvalue weighted by Crippen LogP contribution is 2.34. The van der Waals surface area contributed by atoms with Crippen molar-refractivity contribution in [3.8, 4) is 0 Å². The normalized spacial score (nSPS) is 11.5. The summed E-state index contributed by atoms with van der Waals surface area (Å²) in [5, 5.41) is 11.0. The molecule has 13 heteroatoms. The molecular formula is C16H12F3N5O5. The van der Waals surface area contributed by atoms with Crippen LogP contribution in [-0.2, 0) is 13.2 Å². The molecule has 0 saturated carbocycles. The number of alkyl halides is 3. The van der Waals surface area contributed by atoms with Gasteiger partial charge in [0.05, 0.1) is 16.1 Å². The van der Waals surface area contributed by atoms with Crippen LogP contribution in [0.15, 0.2) is 33.7 Å². The first-order chi connectivity index (χ1) is 13.5. The fourth-order valence-corrected chi connectivity index (χ4v) is 2.61. The first-order valence-corrected chi connectivity index (χ1v) is 7.87. The highest BCUT2D eigenvalue weighted by molar-refractivity contribution is 6.06. The van der Waals surface area contributed by atoms with E-state index in [0.29, 0.717) is 12.1 Å². The molecule has 3 rings (SSSR count). The molecule has 2 heterocycles. The van der Waals surface area contributed by atoms with Crippen LogP contribution in [0.3, 0.4) is 0 Å². The molecule has 0 atom stereocenters. The third-order valence-corrected chi connectivity index (χ3v) is 4.01. The number of aromatic nitrogens is 2. The number of aryl methyl sites for hydroxylation is 2. The Bertz CT molecular complexity index is 1200. The first kappa shape index (κ1) is 19.9. The molecule has 0 aliphatic rings. The van der Waals surface area contributed by atoms with E-state index in [1.54, 1.807) is 0 Å². The summed E-state index contributed by atoms with van der Waals surface area (Å²) < 4.78 is 44.7. The summed E-state index contributed by atoms with van der Waals surface area (Å²) in [5.74, 6) is -0.822. The molecule has 10 nitrogen and oxygen atoms in total. The maximum absolute atomic E-state index is 12.8. The highest BCUT2D eigenvalue weighted by Gasteiger charge is 2.33. The van der Waals surface area contributed by atoms with Crippen molar-refractivity contribution in [2.75, 3.05) is 5.43 Å². The number of nitro benzene ring substituents is 1. The number of nitro groups is 1. The second-order valence-electron chi connectivity index (χ2n) is 5.94. The minimum atomic E-state index is -4.77. The Hall–Kier alpha value is -3.90. The monoisotopic (exact) mass is 411 g/mol. The number of carbonyl (C=O) groups is 1. The van der Waals surface area contributed by atoms with Gasteiger partial charge in [0, 0.05) is 13.1 Å². The zero-order valence-corrected chi connectivity index (χ0v) is 14.8. The van der Waals surface area contributed by atoms with Crippen molar-refractivity contribution in [3.05, 3.63) is 61.9 Å². The summed E-state index contributed by atoms with van der Waals surface area (Å²) >= 11 is 0. The molecule has 0 radical (unpaired) electrons. The predicted molar refractivity (Wildman–Crippen MR) is 93.2 cm³/mol. The summed E-state index contributed by atoms with van der Waals surface area (Å²) in [4.78, 5) is 38.8. The molecule has 0 saturated heterocycles. The van der Waals surface area contributed by atoms with E-state index in [1.165, 1.54) is 20.3 Å². The number of halogens is 3. The molecule has 0 aliphatic carbocycles. The van der Waals surface area contributed by atoms with Crippen molar-refractivity contribution in [2.45, 2.75) is 13.1 Å². The van der Waals surface area contributed by atoms with E-state index in [9.17, 15) is 32.9 Å². The molecule has 0 fully saturated rings.